The van der Waals surface area contributed by atoms with Crippen molar-refractivity contribution in [3.8, 4) is 0 Å². The zero-order valence-electron chi connectivity index (χ0n) is 15.4. The lowest BCUT2D eigenvalue weighted by Gasteiger charge is -2.26. The molecule has 0 N–H and O–H groups in total. The highest BCUT2D eigenvalue weighted by Gasteiger charge is 2.17. The normalized spacial score (nSPS) is 16.2. The molecule has 24 heavy (non-hydrogen) atoms. The zero-order valence-corrected chi connectivity index (χ0v) is 16.1. The third-order valence-electron chi connectivity index (χ3n) is 4.67. The van der Waals surface area contributed by atoms with Gasteiger partial charge in [0.15, 0.2) is 0 Å². The minimum absolute atomic E-state index is 0.0349. The fourth-order valence-corrected chi connectivity index (χ4v) is 3.66. The summed E-state index contributed by atoms with van der Waals surface area (Å²) in [4.78, 5) is 14.2. The van der Waals surface area contributed by atoms with Crippen molar-refractivity contribution in [2.75, 3.05) is 13.6 Å². The molecule has 0 bridgehead atoms. The van der Waals surface area contributed by atoms with Crippen LogP contribution in [0.2, 0.25) is 5.15 Å². The average Bonchev–Trinajstić information content (AvgIpc) is 2.79. The van der Waals surface area contributed by atoms with Gasteiger partial charge in [0.05, 0.1) is 5.69 Å². The summed E-state index contributed by atoms with van der Waals surface area (Å²) in [5.41, 5.74) is 1.70. The molecule has 1 aliphatic rings. The first-order chi connectivity index (χ1) is 11.4. The lowest BCUT2D eigenvalue weighted by atomic mass is 9.89. The Balaban J connectivity index is 1.98. The number of hydrogen-bond donors (Lipinski definition) is 0. The van der Waals surface area contributed by atoms with Gasteiger partial charge >= 0.3 is 0 Å². The Labute approximate surface area is 150 Å². The molecule has 0 aliphatic heterocycles. The van der Waals surface area contributed by atoms with Crippen LogP contribution in [0.4, 0.5) is 0 Å². The first-order valence-electron chi connectivity index (χ1n) is 9.04. The van der Waals surface area contributed by atoms with Gasteiger partial charge in [-0.15, -0.1) is 0 Å². The number of aryl methyl sites for hydroxylation is 1. The highest BCUT2D eigenvalue weighted by atomic mass is 35.5. The maximum absolute atomic E-state index is 12.4. The van der Waals surface area contributed by atoms with Gasteiger partial charge in [-0.25, -0.2) is 0 Å². The molecule has 1 heterocycles. The van der Waals surface area contributed by atoms with Crippen molar-refractivity contribution in [1.82, 2.24) is 14.7 Å². The summed E-state index contributed by atoms with van der Waals surface area (Å²) < 4.78 is 1.82. The zero-order chi connectivity index (χ0) is 17.7. The van der Waals surface area contributed by atoms with Crippen LogP contribution in [-0.4, -0.2) is 34.2 Å². The predicted molar refractivity (Wildman–Crippen MR) is 100 cm³/mol. The van der Waals surface area contributed by atoms with Crippen LogP contribution in [-0.2, 0) is 11.3 Å². The molecular weight excluding hydrogens is 322 g/mol. The average molecular weight is 352 g/mol. The van der Waals surface area contributed by atoms with Gasteiger partial charge in [0, 0.05) is 31.8 Å². The first-order valence-corrected chi connectivity index (χ1v) is 9.42. The molecular formula is C19H30ClN3O. The molecule has 1 aliphatic carbocycles. The Hall–Kier alpha value is -1.29. The van der Waals surface area contributed by atoms with Crippen molar-refractivity contribution in [3.05, 3.63) is 22.5 Å². The highest BCUT2D eigenvalue weighted by molar-refractivity contribution is 6.31. The van der Waals surface area contributed by atoms with E-state index >= 15 is 0 Å². The maximum Gasteiger partial charge on any atom is 0.246 e. The molecule has 1 saturated carbocycles. The summed E-state index contributed by atoms with van der Waals surface area (Å²) in [6.07, 6.45) is 9.85. The summed E-state index contributed by atoms with van der Waals surface area (Å²) >= 11 is 6.42. The molecule has 5 heteroatoms. The largest absolute Gasteiger partial charge is 0.342 e. The number of halogens is 1. The van der Waals surface area contributed by atoms with Crippen LogP contribution in [0, 0.1) is 18.8 Å². The van der Waals surface area contributed by atoms with Crippen LogP contribution in [0.3, 0.4) is 0 Å². The van der Waals surface area contributed by atoms with E-state index in [1.165, 1.54) is 32.1 Å². The van der Waals surface area contributed by atoms with Crippen molar-refractivity contribution >= 4 is 23.6 Å². The molecule has 0 spiro atoms. The smallest absolute Gasteiger partial charge is 0.246 e. The van der Waals surface area contributed by atoms with E-state index in [2.05, 4.69) is 18.9 Å². The van der Waals surface area contributed by atoms with Gasteiger partial charge in [0.1, 0.15) is 5.15 Å². The number of aromatic nitrogens is 2. The molecule has 0 aromatic carbocycles. The molecule has 1 aromatic rings. The van der Waals surface area contributed by atoms with Gasteiger partial charge in [0.2, 0.25) is 5.91 Å². The van der Waals surface area contributed by atoms with Gasteiger partial charge in [0.25, 0.3) is 0 Å². The third-order valence-corrected chi connectivity index (χ3v) is 5.07. The number of rotatable bonds is 6. The van der Waals surface area contributed by atoms with E-state index in [-0.39, 0.29) is 5.91 Å². The summed E-state index contributed by atoms with van der Waals surface area (Å²) in [6, 6.07) is 0. The molecule has 4 nitrogen and oxygen atoms in total. The summed E-state index contributed by atoms with van der Waals surface area (Å²) in [7, 11) is 1.89. The Morgan fingerprint density at radius 3 is 2.67 bits per heavy atom. The molecule has 2 rings (SSSR count). The van der Waals surface area contributed by atoms with Crippen molar-refractivity contribution in [2.45, 2.75) is 59.4 Å². The Kier molecular flexibility index (Phi) is 6.90. The number of nitrogens with zero attached hydrogens (tertiary/aromatic N) is 3. The standard InChI is InChI=1S/C19H30ClN3O/c1-14(2)12-23-19(20)17(15(3)21-23)10-11-18(24)22(4)13-16-8-6-5-7-9-16/h10-11,14,16H,5-9,12-13H2,1-4H3/b11-10+. The van der Waals surface area contributed by atoms with Crippen molar-refractivity contribution in [2.24, 2.45) is 11.8 Å². The molecule has 1 amide bonds. The van der Waals surface area contributed by atoms with Crippen molar-refractivity contribution in [3.63, 3.8) is 0 Å². The predicted octanol–water partition coefficient (Wildman–Crippen LogP) is 4.55. The minimum Gasteiger partial charge on any atom is -0.342 e. The second-order valence-corrected chi connectivity index (χ2v) is 7.78. The highest BCUT2D eigenvalue weighted by Crippen LogP contribution is 2.25. The Morgan fingerprint density at radius 2 is 2.04 bits per heavy atom. The van der Waals surface area contributed by atoms with Crippen LogP contribution < -0.4 is 0 Å². The van der Waals surface area contributed by atoms with Gasteiger partial charge in [-0.2, -0.15) is 5.10 Å². The second kappa shape index (κ2) is 8.70. The Morgan fingerprint density at radius 1 is 1.38 bits per heavy atom. The molecule has 134 valence electrons. The van der Waals surface area contributed by atoms with Gasteiger partial charge in [-0.1, -0.05) is 44.7 Å². The quantitative estimate of drug-likeness (QED) is 0.705. The maximum atomic E-state index is 12.4. The molecule has 0 unspecified atom stereocenters. The fraction of sp³-hybridized carbons (Fsp3) is 0.684. The van der Waals surface area contributed by atoms with Crippen molar-refractivity contribution in [1.29, 1.82) is 0 Å². The summed E-state index contributed by atoms with van der Waals surface area (Å²) in [6.45, 7) is 7.82. The van der Waals surface area contributed by atoms with E-state index in [0.717, 1.165) is 24.3 Å². The van der Waals surface area contributed by atoms with E-state index in [0.29, 0.717) is 17.0 Å². The van der Waals surface area contributed by atoms with Crippen LogP contribution in [0.5, 0.6) is 0 Å². The number of carbonyl (C=O) groups is 1. The van der Waals surface area contributed by atoms with Gasteiger partial charge in [-0.05, 0) is 37.7 Å². The van der Waals surface area contributed by atoms with Crippen molar-refractivity contribution < 1.29 is 4.79 Å². The second-order valence-electron chi connectivity index (χ2n) is 7.42. The fourth-order valence-electron chi connectivity index (χ4n) is 3.35. The lowest BCUT2D eigenvalue weighted by Crippen LogP contribution is -2.31. The summed E-state index contributed by atoms with van der Waals surface area (Å²) in [5.74, 6) is 1.16. The van der Waals surface area contributed by atoms with Gasteiger partial charge in [-0.3, -0.25) is 9.48 Å². The van der Waals surface area contributed by atoms with Crippen LogP contribution in [0.1, 0.15) is 57.2 Å². The lowest BCUT2D eigenvalue weighted by molar-refractivity contribution is -0.125. The molecule has 0 atom stereocenters. The van der Waals surface area contributed by atoms with E-state index < -0.39 is 0 Å². The minimum atomic E-state index is 0.0349. The number of carbonyl (C=O) groups excluding carboxylic acids is 1. The SMILES string of the molecule is Cc1nn(CC(C)C)c(Cl)c1/C=C/C(=O)N(C)CC1CCCCC1. The van der Waals surface area contributed by atoms with E-state index in [1.54, 1.807) is 12.2 Å². The third kappa shape index (κ3) is 5.10. The number of likely N-dealkylation sites (N-methyl/N-ethyl adjacent to an activating group) is 1. The number of amides is 1. The molecule has 1 fully saturated rings. The first kappa shape index (κ1) is 19.0. The topological polar surface area (TPSA) is 38.1 Å². The Bertz CT molecular complexity index is 586. The number of hydrogen-bond acceptors (Lipinski definition) is 2. The van der Waals surface area contributed by atoms with E-state index in [1.807, 2.05) is 23.6 Å². The molecule has 0 saturated heterocycles. The molecule has 0 radical (unpaired) electrons. The monoisotopic (exact) mass is 351 g/mol. The van der Waals surface area contributed by atoms with Gasteiger partial charge < -0.3 is 4.90 Å². The van der Waals surface area contributed by atoms with E-state index in [9.17, 15) is 4.79 Å². The van der Waals surface area contributed by atoms with Crippen LogP contribution >= 0.6 is 11.6 Å². The summed E-state index contributed by atoms with van der Waals surface area (Å²) in [5, 5.41) is 5.09. The van der Waals surface area contributed by atoms with E-state index in [4.69, 9.17) is 11.6 Å². The van der Waals surface area contributed by atoms with Crippen LogP contribution in [0.25, 0.3) is 6.08 Å². The molecule has 1 aromatic heterocycles. The van der Waals surface area contributed by atoms with Crippen LogP contribution in [0.15, 0.2) is 6.08 Å².